The Kier molecular flexibility index (Phi) is 14.8. The molecule has 52 heavy (non-hydrogen) atoms. The zero-order valence-corrected chi connectivity index (χ0v) is 32.2. The second-order valence-electron chi connectivity index (χ2n) is 15.1. The van der Waals surface area contributed by atoms with Gasteiger partial charge in [0.1, 0.15) is 11.0 Å². The van der Waals surface area contributed by atoms with Crippen molar-refractivity contribution in [2.45, 2.75) is 155 Å². The van der Waals surface area contributed by atoms with E-state index in [1.54, 1.807) is 0 Å². The zero-order valence-electron chi connectivity index (χ0n) is 32.2. The quantitative estimate of drug-likeness (QED) is 0.0591. The highest BCUT2D eigenvalue weighted by molar-refractivity contribution is 6.03. The average Bonchev–Trinajstić information content (AvgIpc) is 3.82. The van der Waals surface area contributed by atoms with E-state index >= 15 is 0 Å². The van der Waals surface area contributed by atoms with Crippen molar-refractivity contribution >= 4 is 33.0 Å². The minimum Gasteiger partial charge on any atom is -0.436 e. The van der Waals surface area contributed by atoms with Gasteiger partial charge in [0.05, 0.1) is 0 Å². The number of aryl methyl sites for hydroxylation is 2. The molecule has 2 aromatic heterocycles. The fraction of sp³-hybridized carbons (Fsp3) is 0.500. The van der Waals surface area contributed by atoms with Gasteiger partial charge in [-0.1, -0.05) is 178 Å². The number of hydrogen-bond donors (Lipinski definition) is 0. The predicted molar refractivity (Wildman–Crippen MR) is 221 cm³/mol. The fourth-order valence-electron chi connectivity index (χ4n) is 7.91. The Morgan fingerprint density at radius 2 is 0.750 bits per heavy atom. The van der Waals surface area contributed by atoms with Crippen molar-refractivity contribution < 1.29 is 8.83 Å². The van der Waals surface area contributed by atoms with Gasteiger partial charge in [-0.25, -0.2) is 9.97 Å². The van der Waals surface area contributed by atoms with Crippen molar-refractivity contribution in [1.29, 1.82) is 0 Å². The zero-order chi connectivity index (χ0) is 35.8. The third-order valence-corrected chi connectivity index (χ3v) is 11.0. The van der Waals surface area contributed by atoms with Gasteiger partial charge in [-0.05, 0) is 71.8 Å². The first-order chi connectivity index (χ1) is 25.8. The van der Waals surface area contributed by atoms with E-state index in [2.05, 4.69) is 86.6 Å². The highest BCUT2D eigenvalue weighted by Crippen LogP contribution is 2.38. The smallest absolute Gasteiger partial charge is 0.227 e. The number of hydrogen-bond acceptors (Lipinski definition) is 4. The molecule has 0 aliphatic heterocycles. The molecule has 6 aromatic rings. The van der Waals surface area contributed by atoms with E-state index in [0.717, 1.165) is 56.9 Å². The molecule has 0 aliphatic carbocycles. The van der Waals surface area contributed by atoms with Crippen LogP contribution < -0.4 is 0 Å². The summed E-state index contributed by atoms with van der Waals surface area (Å²) in [6.45, 7) is 4.57. The first-order valence-electron chi connectivity index (χ1n) is 21.1. The van der Waals surface area contributed by atoms with Gasteiger partial charge < -0.3 is 8.83 Å². The number of benzene rings is 4. The van der Waals surface area contributed by atoms with Gasteiger partial charge in [-0.2, -0.15) is 0 Å². The molecular weight excluding hydrogens is 637 g/mol. The second kappa shape index (κ2) is 20.4. The Hall–Kier alpha value is -3.92. The number of nitrogens with zero attached hydrogens (tertiary/aromatic N) is 2. The SMILES string of the molecule is CCCCCCCCCCCCc1cccc2nc(-c3ccc(-c4nc5cccc(CCCCCCCCCCCC)c5o4)c4ccccc34)oc12. The Balaban J connectivity index is 1.10. The minimum atomic E-state index is 0.671. The molecule has 0 fully saturated rings. The van der Waals surface area contributed by atoms with Crippen LogP contribution in [0.15, 0.2) is 81.6 Å². The van der Waals surface area contributed by atoms with E-state index in [0.29, 0.717) is 11.8 Å². The number of unbranched alkanes of at least 4 members (excludes halogenated alkanes) is 18. The normalized spacial score (nSPS) is 11.8. The Morgan fingerprint density at radius 1 is 0.385 bits per heavy atom. The lowest BCUT2D eigenvalue weighted by atomic mass is 9.99. The monoisotopic (exact) mass is 698 g/mol. The molecule has 0 saturated heterocycles. The molecule has 0 aliphatic rings. The van der Waals surface area contributed by atoms with Crippen molar-refractivity contribution in [3.63, 3.8) is 0 Å². The summed E-state index contributed by atoms with van der Waals surface area (Å²) < 4.78 is 13.2. The molecule has 4 heteroatoms. The van der Waals surface area contributed by atoms with Crippen LogP contribution in [0.3, 0.4) is 0 Å². The molecular formula is C48H62N2O2. The van der Waals surface area contributed by atoms with Gasteiger partial charge in [0.15, 0.2) is 11.2 Å². The van der Waals surface area contributed by atoms with Gasteiger partial charge in [0, 0.05) is 11.1 Å². The van der Waals surface area contributed by atoms with E-state index in [-0.39, 0.29) is 0 Å². The molecule has 0 N–H and O–H groups in total. The fourth-order valence-corrected chi connectivity index (χ4v) is 7.91. The topological polar surface area (TPSA) is 52.1 Å². The van der Waals surface area contributed by atoms with Crippen molar-refractivity contribution in [1.82, 2.24) is 9.97 Å². The molecule has 0 unspecified atom stereocenters. The molecule has 0 spiro atoms. The van der Waals surface area contributed by atoms with Crippen LogP contribution in [0.5, 0.6) is 0 Å². The molecule has 2 heterocycles. The number of rotatable bonds is 24. The summed E-state index contributed by atoms with van der Waals surface area (Å²) in [6.07, 6.45) is 28.9. The Bertz CT molecular complexity index is 1810. The Labute approximate surface area is 312 Å². The lowest BCUT2D eigenvalue weighted by Crippen LogP contribution is -1.87. The van der Waals surface area contributed by atoms with E-state index < -0.39 is 0 Å². The summed E-state index contributed by atoms with van der Waals surface area (Å²) in [5, 5.41) is 2.19. The molecule has 0 amide bonds. The maximum Gasteiger partial charge on any atom is 0.227 e. The molecule has 276 valence electrons. The molecule has 0 saturated carbocycles. The molecule has 4 nitrogen and oxygen atoms in total. The van der Waals surface area contributed by atoms with Crippen LogP contribution in [0, 0.1) is 0 Å². The second-order valence-corrected chi connectivity index (χ2v) is 15.1. The summed E-state index contributed by atoms with van der Waals surface area (Å²) in [5.74, 6) is 1.34. The van der Waals surface area contributed by atoms with Gasteiger partial charge in [0.25, 0.3) is 0 Å². The molecule has 4 aromatic carbocycles. The van der Waals surface area contributed by atoms with E-state index in [1.165, 1.54) is 140 Å². The number of aromatic nitrogens is 2. The molecule has 6 rings (SSSR count). The predicted octanol–water partition coefficient (Wildman–Crippen LogP) is 15.4. The first-order valence-corrected chi connectivity index (χ1v) is 21.1. The van der Waals surface area contributed by atoms with Crippen LogP contribution >= 0.6 is 0 Å². The van der Waals surface area contributed by atoms with Gasteiger partial charge in [-0.15, -0.1) is 0 Å². The van der Waals surface area contributed by atoms with E-state index in [4.69, 9.17) is 18.8 Å². The van der Waals surface area contributed by atoms with Crippen LogP contribution in [0.2, 0.25) is 0 Å². The minimum absolute atomic E-state index is 0.671. The standard InChI is InChI=1S/C48H62N2O2/c1-3-5-7-9-11-13-15-17-19-21-27-37-29-25-33-43-45(37)51-47(49-43)41-35-36-42(40-32-24-23-31-39(40)41)48-50-44-34-26-30-38(46(44)52-48)28-22-20-18-16-14-12-10-8-6-4-2/h23-26,29-36H,3-22,27-28H2,1-2H3. The summed E-state index contributed by atoms with van der Waals surface area (Å²) in [6, 6.07) is 25.6. The highest BCUT2D eigenvalue weighted by Gasteiger charge is 2.19. The van der Waals surface area contributed by atoms with Gasteiger partial charge in [-0.3, -0.25) is 0 Å². The lowest BCUT2D eigenvalue weighted by Gasteiger charge is -2.07. The van der Waals surface area contributed by atoms with Crippen LogP contribution in [0.4, 0.5) is 0 Å². The molecule has 0 radical (unpaired) electrons. The van der Waals surface area contributed by atoms with E-state index in [1.807, 2.05) is 0 Å². The van der Waals surface area contributed by atoms with Crippen LogP contribution in [-0.2, 0) is 12.8 Å². The van der Waals surface area contributed by atoms with Gasteiger partial charge in [0.2, 0.25) is 11.8 Å². The lowest BCUT2D eigenvalue weighted by molar-refractivity contribution is 0.555. The summed E-state index contributed by atoms with van der Waals surface area (Å²) in [5.41, 5.74) is 8.24. The van der Waals surface area contributed by atoms with Crippen molar-refractivity contribution in [2.24, 2.45) is 0 Å². The average molecular weight is 699 g/mol. The third-order valence-electron chi connectivity index (χ3n) is 11.0. The third kappa shape index (κ3) is 10.1. The van der Waals surface area contributed by atoms with Crippen LogP contribution in [-0.4, -0.2) is 9.97 Å². The maximum absolute atomic E-state index is 6.58. The number of fused-ring (bicyclic) bond motifs is 3. The van der Waals surface area contributed by atoms with Crippen molar-refractivity contribution in [3.8, 4) is 22.9 Å². The van der Waals surface area contributed by atoms with Crippen LogP contribution in [0.25, 0.3) is 55.9 Å². The molecule has 0 atom stereocenters. The van der Waals surface area contributed by atoms with Crippen LogP contribution in [0.1, 0.15) is 153 Å². The maximum atomic E-state index is 6.58. The van der Waals surface area contributed by atoms with Crippen molar-refractivity contribution in [3.05, 3.63) is 83.9 Å². The summed E-state index contributed by atoms with van der Waals surface area (Å²) in [7, 11) is 0. The summed E-state index contributed by atoms with van der Waals surface area (Å²) in [4.78, 5) is 10.0. The highest BCUT2D eigenvalue weighted by atomic mass is 16.4. The van der Waals surface area contributed by atoms with Gasteiger partial charge >= 0.3 is 0 Å². The molecule has 0 bridgehead atoms. The number of para-hydroxylation sites is 2. The summed E-state index contributed by atoms with van der Waals surface area (Å²) >= 11 is 0. The van der Waals surface area contributed by atoms with E-state index in [9.17, 15) is 0 Å². The Morgan fingerprint density at radius 3 is 1.13 bits per heavy atom. The first kappa shape index (κ1) is 37.8. The number of oxazole rings is 2. The van der Waals surface area contributed by atoms with Crippen molar-refractivity contribution in [2.75, 3.05) is 0 Å². The largest absolute Gasteiger partial charge is 0.436 e.